The number of allylic oxidation sites excluding steroid dienone is 3. The molecule has 3 aliphatic carbocycles. The van der Waals surface area contributed by atoms with Gasteiger partial charge in [0.25, 0.3) is 0 Å². The lowest BCUT2D eigenvalue weighted by atomic mass is 9.84. The molecule has 5 nitrogen and oxygen atoms in total. The van der Waals surface area contributed by atoms with Gasteiger partial charge in [-0.3, -0.25) is 4.79 Å². The number of nitrogens with one attached hydrogen (secondary N) is 1. The molecule has 156 valence electrons. The number of hydrogen-bond donors (Lipinski definition) is 2. The molecule has 0 radical (unpaired) electrons. The van der Waals surface area contributed by atoms with Crippen LogP contribution in [-0.4, -0.2) is 29.2 Å². The molecule has 3 atom stereocenters. The maximum atomic E-state index is 13.2. The average molecular weight is 436 g/mol. The lowest BCUT2D eigenvalue weighted by Crippen LogP contribution is -2.52. The monoisotopic (exact) mass is 435 g/mol. The Morgan fingerprint density at radius 3 is 2.41 bits per heavy atom. The Bertz CT molecular complexity index is 952. The standard InChI is InChI=1S/C22H26ClNO4S/c23-21(13-11-17(12-14-21)16-7-3-1-4-8-16)29(27,28)24-22(20(25)26)15-19(22)18-9-5-2-6-10-18/h1,3-4,7-8,11-13,18-19,24H,2,5-6,9-10,14-15H2,(H,25,26)/t19-,21?,22+/m0/s1. The normalized spacial score (nSPS) is 32.6. The molecule has 0 bridgehead atoms. The zero-order valence-electron chi connectivity index (χ0n) is 16.2. The largest absolute Gasteiger partial charge is 0.480 e. The van der Waals surface area contributed by atoms with Crippen LogP contribution in [0.4, 0.5) is 0 Å². The van der Waals surface area contributed by atoms with Crippen LogP contribution in [0.3, 0.4) is 0 Å². The molecule has 4 rings (SSSR count). The first-order valence-electron chi connectivity index (χ1n) is 10.2. The fraction of sp³-hybridized carbons (Fsp3) is 0.500. The van der Waals surface area contributed by atoms with Crippen molar-refractivity contribution in [2.24, 2.45) is 11.8 Å². The van der Waals surface area contributed by atoms with E-state index in [0.29, 0.717) is 6.42 Å². The number of carboxylic acids is 1. The molecule has 0 aliphatic heterocycles. The van der Waals surface area contributed by atoms with E-state index < -0.39 is 25.7 Å². The second-order valence-corrected chi connectivity index (χ2v) is 11.3. The number of aliphatic carboxylic acids is 1. The van der Waals surface area contributed by atoms with E-state index >= 15 is 0 Å². The topological polar surface area (TPSA) is 83.5 Å². The molecule has 2 fully saturated rings. The Balaban J connectivity index is 1.52. The van der Waals surface area contributed by atoms with E-state index in [9.17, 15) is 18.3 Å². The molecule has 2 saturated carbocycles. The van der Waals surface area contributed by atoms with E-state index in [-0.39, 0.29) is 18.3 Å². The average Bonchev–Trinajstić information content (AvgIpc) is 3.45. The van der Waals surface area contributed by atoms with Crippen LogP contribution < -0.4 is 4.72 Å². The second-order valence-electron chi connectivity index (χ2n) is 8.44. The van der Waals surface area contributed by atoms with Gasteiger partial charge >= 0.3 is 5.97 Å². The van der Waals surface area contributed by atoms with Crippen LogP contribution in [0.1, 0.15) is 50.5 Å². The number of rotatable bonds is 6. The van der Waals surface area contributed by atoms with E-state index in [1.807, 2.05) is 30.3 Å². The minimum absolute atomic E-state index is 0.0778. The molecule has 2 N–H and O–H groups in total. The van der Waals surface area contributed by atoms with Gasteiger partial charge in [0.05, 0.1) is 0 Å². The van der Waals surface area contributed by atoms with Crippen LogP contribution in [0.25, 0.3) is 5.57 Å². The van der Waals surface area contributed by atoms with Gasteiger partial charge in [0.2, 0.25) is 10.0 Å². The second kappa shape index (κ2) is 7.56. The number of sulfonamides is 1. The summed E-state index contributed by atoms with van der Waals surface area (Å²) in [4.78, 5) is 12.0. The molecule has 0 saturated heterocycles. The van der Waals surface area contributed by atoms with Gasteiger partial charge in [-0.25, -0.2) is 8.42 Å². The highest BCUT2D eigenvalue weighted by atomic mass is 35.5. The zero-order valence-corrected chi connectivity index (χ0v) is 17.8. The first-order valence-corrected chi connectivity index (χ1v) is 12.0. The summed E-state index contributed by atoms with van der Waals surface area (Å²) in [5, 5.41) is 9.84. The summed E-state index contributed by atoms with van der Waals surface area (Å²) < 4.78 is 27.1. The Hall–Kier alpha value is -1.63. The molecule has 0 heterocycles. The van der Waals surface area contributed by atoms with Crippen LogP contribution in [0.5, 0.6) is 0 Å². The number of carboxylic acid groups (broad SMARTS) is 1. The molecule has 1 aromatic rings. The van der Waals surface area contributed by atoms with Crippen molar-refractivity contribution in [2.45, 2.75) is 54.7 Å². The third-order valence-electron chi connectivity index (χ3n) is 6.60. The molecule has 0 spiro atoms. The van der Waals surface area contributed by atoms with Crippen LogP contribution in [0.15, 0.2) is 48.6 Å². The van der Waals surface area contributed by atoms with E-state index in [0.717, 1.165) is 36.8 Å². The SMILES string of the molecule is O=C(O)[C@@]1(NS(=O)(=O)C2(Cl)C=CC(c3ccccc3)=CC2)C[C@H]1C1CCCCC1. The summed E-state index contributed by atoms with van der Waals surface area (Å²) in [6.45, 7) is 0. The van der Waals surface area contributed by atoms with Gasteiger partial charge in [0, 0.05) is 6.42 Å². The van der Waals surface area contributed by atoms with Crippen molar-refractivity contribution in [3.8, 4) is 0 Å². The number of alkyl halides is 1. The highest BCUT2D eigenvalue weighted by molar-refractivity contribution is 7.92. The summed E-state index contributed by atoms with van der Waals surface area (Å²) >= 11 is 6.52. The fourth-order valence-electron chi connectivity index (χ4n) is 4.77. The molecule has 7 heteroatoms. The highest BCUT2D eigenvalue weighted by Gasteiger charge is 2.66. The molecule has 1 aromatic carbocycles. The predicted molar refractivity (Wildman–Crippen MR) is 114 cm³/mol. The maximum Gasteiger partial charge on any atom is 0.325 e. The number of halogens is 1. The Kier molecular flexibility index (Phi) is 5.38. The number of carbonyl (C=O) groups is 1. The highest BCUT2D eigenvalue weighted by Crippen LogP contribution is 2.54. The number of benzene rings is 1. The molecular weight excluding hydrogens is 410 g/mol. The Morgan fingerprint density at radius 2 is 1.83 bits per heavy atom. The quantitative estimate of drug-likeness (QED) is 0.652. The number of hydrogen-bond acceptors (Lipinski definition) is 3. The first-order chi connectivity index (χ1) is 13.8. The van der Waals surface area contributed by atoms with Gasteiger partial charge in [-0.05, 0) is 35.5 Å². The summed E-state index contributed by atoms with van der Waals surface area (Å²) in [6, 6.07) is 9.64. The predicted octanol–water partition coefficient (Wildman–Crippen LogP) is 4.31. The molecule has 3 aliphatic rings. The molecule has 0 amide bonds. The van der Waals surface area contributed by atoms with Gasteiger partial charge in [0.15, 0.2) is 4.21 Å². The van der Waals surface area contributed by atoms with Crippen molar-refractivity contribution in [2.75, 3.05) is 0 Å². The van der Waals surface area contributed by atoms with Crippen LogP contribution >= 0.6 is 11.6 Å². The van der Waals surface area contributed by atoms with Gasteiger partial charge in [-0.2, -0.15) is 4.72 Å². The molecular formula is C22H26ClNO4S. The van der Waals surface area contributed by atoms with Crippen molar-refractivity contribution in [3.05, 3.63) is 54.1 Å². The van der Waals surface area contributed by atoms with Crippen LogP contribution in [0, 0.1) is 11.8 Å². The van der Waals surface area contributed by atoms with Crippen molar-refractivity contribution < 1.29 is 18.3 Å². The maximum absolute atomic E-state index is 13.2. The third kappa shape index (κ3) is 3.78. The van der Waals surface area contributed by atoms with Gasteiger partial charge in [0.1, 0.15) is 5.54 Å². The summed E-state index contributed by atoms with van der Waals surface area (Å²) in [5.74, 6) is -0.990. The van der Waals surface area contributed by atoms with E-state index in [4.69, 9.17) is 11.6 Å². The smallest absolute Gasteiger partial charge is 0.325 e. The van der Waals surface area contributed by atoms with Crippen molar-refractivity contribution in [1.82, 2.24) is 4.72 Å². The summed E-state index contributed by atoms with van der Waals surface area (Å²) in [6.07, 6.45) is 10.6. The Labute approximate surface area is 176 Å². The summed E-state index contributed by atoms with van der Waals surface area (Å²) in [7, 11) is -4.10. The molecule has 29 heavy (non-hydrogen) atoms. The minimum Gasteiger partial charge on any atom is -0.480 e. The summed E-state index contributed by atoms with van der Waals surface area (Å²) in [5.41, 5.74) is 0.464. The van der Waals surface area contributed by atoms with Crippen LogP contribution in [-0.2, 0) is 14.8 Å². The van der Waals surface area contributed by atoms with Crippen molar-refractivity contribution in [1.29, 1.82) is 0 Å². The third-order valence-corrected chi connectivity index (χ3v) is 9.32. The van der Waals surface area contributed by atoms with Gasteiger partial charge in [-0.1, -0.05) is 86.2 Å². The van der Waals surface area contributed by atoms with E-state index in [1.165, 1.54) is 12.5 Å². The van der Waals surface area contributed by atoms with Crippen molar-refractivity contribution in [3.63, 3.8) is 0 Å². The zero-order chi connectivity index (χ0) is 20.7. The van der Waals surface area contributed by atoms with Gasteiger partial charge in [-0.15, -0.1) is 0 Å². The van der Waals surface area contributed by atoms with E-state index in [1.54, 1.807) is 12.2 Å². The van der Waals surface area contributed by atoms with Crippen molar-refractivity contribution >= 4 is 33.2 Å². The molecule has 1 unspecified atom stereocenters. The minimum atomic E-state index is -4.10. The lowest BCUT2D eigenvalue weighted by molar-refractivity contribution is -0.140. The van der Waals surface area contributed by atoms with E-state index in [2.05, 4.69) is 4.72 Å². The lowest BCUT2D eigenvalue weighted by Gasteiger charge is -2.29. The Morgan fingerprint density at radius 1 is 1.14 bits per heavy atom. The van der Waals surface area contributed by atoms with Gasteiger partial charge < -0.3 is 5.11 Å². The first kappa shape index (κ1) is 20.6. The fourth-order valence-corrected chi connectivity index (χ4v) is 6.55. The molecule has 0 aromatic heterocycles. The van der Waals surface area contributed by atoms with Crippen LogP contribution in [0.2, 0.25) is 0 Å².